The number of hydrogen-bond donors (Lipinski definition) is 2. The number of para-hydroxylation sites is 1. The molecule has 1 aliphatic heterocycles. The van der Waals surface area contributed by atoms with Crippen molar-refractivity contribution in [2.75, 3.05) is 13.1 Å². The summed E-state index contributed by atoms with van der Waals surface area (Å²) in [5.74, 6) is 0.338. The molecule has 1 aliphatic rings. The zero-order valence-corrected chi connectivity index (χ0v) is 14.3. The number of benzene rings is 1. The van der Waals surface area contributed by atoms with Gasteiger partial charge in [0.2, 0.25) is 0 Å². The average Bonchev–Trinajstić information content (AvgIpc) is 2.53. The third-order valence-corrected chi connectivity index (χ3v) is 4.25. The Labute approximate surface area is 138 Å². The van der Waals surface area contributed by atoms with Gasteiger partial charge in [-0.1, -0.05) is 25.1 Å². The van der Waals surface area contributed by atoms with Crippen molar-refractivity contribution in [3.63, 3.8) is 0 Å². The Kier molecular flexibility index (Phi) is 6.28. The molecule has 5 nitrogen and oxygen atoms in total. The number of likely N-dealkylation sites (tertiary alicyclic amines) is 1. The number of amides is 1. The molecule has 128 valence electrons. The van der Waals surface area contributed by atoms with Gasteiger partial charge in [-0.05, 0) is 39.2 Å². The van der Waals surface area contributed by atoms with E-state index in [1.54, 1.807) is 11.0 Å². The number of piperidine rings is 1. The van der Waals surface area contributed by atoms with Gasteiger partial charge >= 0.3 is 6.09 Å². The standard InChI is InChI=1S/C18H28N2O3/c1-4-16(15-7-5-6-8-17(15)21)19-14-9-11-20(12-10-14)18(22)23-13(2)3/h5-8,13-14,16,19,21H,4,9-12H2,1-3H3/t16-/m0/s1. The van der Waals surface area contributed by atoms with Crippen molar-refractivity contribution in [3.05, 3.63) is 29.8 Å². The highest BCUT2D eigenvalue weighted by molar-refractivity contribution is 5.67. The maximum absolute atomic E-state index is 11.9. The first-order chi connectivity index (χ1) is 11.0. The molecule has 1 aromatic carbocycles. The van der Waals surface area contributed by atoms with Gasteiger partial charge in [-0.3, -0.25) is 0 Å². The van der Waals surface area contributed by atoms with Crippen molar-refractivity contribution >= 4 is 6.09 Å². The van der Waals surface area contributed by atoms with Crippen molar-refractivity contribution in [2.45, 2.75) is 58.2 Å². The predicted molar refractivity (Wildman–Crippen MR) is 90.5 cm³/mol. The Morgan fingerprint density at radius 3 is 2.57 bits per heavy atom. The molecular formula is C18H28N2O3. The molecule has 0 spiro atoms. The zero-order chi connectivity index (χ0) is 16.8. The van der Waals surface area contributed by atoms with Crippen LogP contribution in [0.1, 0.15) is 51.6 Å². The van der Waals surface area contributed by atoms with Crippen LogP contribution < -0.4 is 5.32 Å². The molecule has 1 aromatic rings. The van der Waals surface area contributed by atoms with Gasteiger partial charge in [0, 0.05) is 30.7 Å². The molecule has 0 saturated carbocycles. The van der Waals surface area contributed by atoms with E-state index >= 15 is 0 Å². The minimum absolute atomic E-state index is 0.0797. The first-order valence-corrected chi connectivity index (χ1v) is 8.50. The average molecular weight is 320 g/mol. The molecule has 0 unspecified atom stereocenters. The summed E-state index contributed by atoms with van der Waals surface area (Å²) in [6.07, 6.45) is 2.41. The van der Waals surface area contributed by atoms with Crippen molar-refractivity contribution in [3.8, 4) is 5.75 Å². The van der Waals surface area contributed by atoms with E-state index in [4.69, 9.17) is 4.74 Å². The minimum atomic E-state index is -0.216. The van der Waals surface area contributed by atoms with Gasteiger partial charge in [-0.25, -0.2) is 4.79 Å². The number of carbonyl (C=O) groups excluding carboxylic acids is 1. The molecule has 0 radical (unpaired) electrons. The van der Waals surface area contributed by atoms with Crippen LogP contribution in [0.25, 0.3) is 0 Å². The summed E-state index contributed by atoms with van der Waals surface area (Å²) < 4.78 is 5.25. The number of hydrogen-bond acceptors (Lipinski definition) is 4. The van der Waals surface area contributed by atoms with Crippen LogP contribution in [0.2, 0.25) is 0 Å². The van der Waals surface area contributed by atoms with Crippen LogP contribution in [0, 0.1) is 0 Å². The number of aromatic hydroxyl groups is 1. The number of nitrogens with one attached hydrogen (secondary N) is 1. The molecule has 23 heavy (non-hydrogen) atoms. The Balaban J connectivity index is 1.88. The van der Waals surface area contributed by atoms with E-state index in [1.807, 2.05) is 32.0 Å². The fraction of sp³-hybridized carbons (Fsp3) is 0.611. The lowest BCUT2D eigenvalue weighted by atomic mass is 9.99. The van der Waals surface area contributed by atoms with Gasteiger partial charge in [-0.15, -0.1) is 0 Å². The topological polar surface area (TPSA) is 61.8 Å². The van der Waals surface area contributed by atoms with E-state index in [9.17, 15) is 9.90 Å². The Bertz CT molecular complexity index is 511. The predicted octanol–water partition coefficient (Wildman–Crippen LogP) is 3.44. The fourth-order valence-corrected chi connectivity index (χ4v) is 3.00. The SMILES string of the molecule is CC[C@H](NC1CCN(C(=O)OC(C)C)CC1)c1ccccc1O. The monoisotopic (exact) mass is 320 g/mol. The molecule has 0 aromatic heterocycles. The van der Waals surface area contributed by atoms with E-state index in [0.29, 0.717) is 24.9 Å². The van der Waals surface area contributed by atoms with Crippen LogP contribution in [-0.4, -0.2) is 41.3 Å². The first-order valence-electron chi connectivity index (χ1n) is 8.50. The first kappa shape index (κ1) is 17.6. The number of nitrogens with zero attached hydrogens (tertiary/aromatic N) is 1. The van der Waals surface area contributed by atoms with Crippen LogP contribution in [0.4, 0.5) is 4.79 Å². The molecule has 1 amide bonds. The molecule has 5 heteroatoms. The largest absolute Gasteiger partial charge is 0.508 e. The van der Waals surface area contributed by atoms with Crippen molar-refractivity contribution < 1.29 is 14.6 Å². The molecule has 1 atom stereocenters. The summed E-state index contributed by atoms with van der Waals surface area (Å²) in [5, 5.41) is 13.7. The highest BCUT2D eigenvalue weighted by Gasteiger charge is 2.26. The normalized spacial score (nSPS) is 17.3. The van der Waals surface area contributed by atoms with E-state index < -0.39 is 0 Å². The summed E-state index contributed by atoms with van der Waals surface area (Å²) in [4.78, 5) is 13.7. The van der Waals surface area contributed by atoms with E-state index in [0.717, 1.165) is 24.8 Å². The van der Waals surface area contributed by atoms with Gasteiger partial charge in [0.05, 0.1) is 6.10 Å². The molecular weight excluding hydrogens is 292 g/mol. The van der Waals surface area contributed by atoms with Gasteiger partial charge in [0.25, 0.3) is 0 Å². The number of rotatable bonds is 5. The molecule has 2 rings (SSSR count). The minimum Gasteiger partial charge on any atom is -0.508 e. The molecule has 0 aliphatic carbocycles. The number of carbonyl (C=O) groups is 1. The molecule has 1 heterocycles. The van der Waals surface area contributed by atoms with Gasteiger partial charge in [0.15, 0.2) is 0 Å². The highest BCUT2D eigenvalue weighted by Crippen LogP contribution is 2.27. The lowest BCUT2D eigenvalue weighted by Gasteiger charge is -2.34. The summed E-state index contributed by atoms with van der Waals surface area (Å²) >= 11 is 0. The van der Waals surface area contributed by atoms with Crippen molar-refractivity contribution in [1.29, 1.82) is 0 Å². The van der Waals surface area contributed by atoms with Crippen LogP contribution in [0.15, 0.2) is 24.3 Å². The third-order valence-electron chi connectivity index (χ3n) is 4.25. The fourth-order valence-electron chi connectivity index (χ4n) is 3.00. The Hall–Kier alpha value is -1.75. The number of phenolic OH excluding ortho intramolecular Hbond substituents is 1. The van der Waals surface area contributed by atoms with Gasteiger partial charge in [0.1, 0.15) is 5.75 Å². The lowest BCUT2D eigenvalue weighted by molar-refractivity contribution is 0.0672. The van der Waals surface area contributed by atoms with Crippen LogP contribution in [-0.2, 0) is 4.74 Å². The molecule has 0 bridgehead atoms. The van der Waals surface area contributed by atoms with Crippen molar-refractivity contribution in [2.24, 2.45) is 0 Å². The van der Waals surface area contributed by atoms with E-state index in [1.165, 1.54) is 0 Å². The molecule has 1 saturated heterocycles. The van der Waals surface area contributed by atoms with Crippen LogP contribution in [0.5, 0.6) is 5.75 Å². The maximum Gasteiger partial charge on any atom is 0.410 e. The van der Waals surface area contributed by atoms with Gasteiger partial charge < -0.3 is 20.1 Å². The molecule has 1 fully saturated rings. The smallest absolute Gasteiger partial charge is 0.410 e. The number of phenols is 1. The molecule has 2 N–H and O–H groups in total. The third kappa shape index (κ3) is 4.86. The summed E-state index contributed by atoms with van der Waals surface area (Å²) in [5.41, 5.74) is 0.941. The summed E-state index contributed by atoms with van der Waals surface area (Å²) in [6, 6.07) is 7.96. The second-order valence-electron chi connectivity index (χ2n) is 6.38. The maximum atomic E-state index is 11.9. The Morgan fingerprint density at radius 2 is 2.00 bits per heavy atom. The number of ether oxygens (including phenoxy) is 1. The lowest BCUT2D eigenvalue weighted by Crippen LogP contribution is -2.46. The van der Waals surface area contributed by atoms with Crippen molar-refractivity contribution in [1.82, 2.24) is 10.2 Å². The summed E-state index contributed by atoms with van der Waals surface area (Å²) in [7, 11) is 0. The van der Waals surface area contributed by atoms with Crippen LogP contribution in [0.3, 0.4) is 0 Å². The highest BCUT2D eigenvalue weighted by atomic mass is 16.6. The summed E-state index contributed by atoms with van der Waals surface area (Å²) in [6.45, 7) is 7.26. The second kappa shape index (κ2) is 8.20. The van der Waals surface area contributed by atoms with Gasteiger partial charge in [-0.2, -0.15) is 0 Å². The Morgan fingerprint density at radius 1 is 1.35 bits per heavy atom. The second-order valence-corrected chi connectivity index (χ2v) is 6.38. The van der Waals surface area contributed by atoms with E-state index in [2.05, 4.69) is 12.2 Å². The quantitative estimate of drug-likeness (QED) is 0.872. The van der Waals surface area contributed by atoms with Crippen LogP contribution >= 0.6 is 0 Å². The van der Waals surface area contributed by atoms with E-state index in [-0.39, 0.29) is 18.2 Å². The zero-order valence-electron chi connectivity index (χ0n) is 14.3.